The third-order valence-electron chi connectivity index (χ3n) is 4.73. The molecule has 152 valence electrons. The van der Waals surface area contributed by atoms with Crippen molar-refractivity contribution in [3.8, 4) is 11.5 Å². The molecule has 29 heavy (non-hydrogen) atoms. The fourth-order valence-corrected chi connectivity index (χ4v) is 3.37. The molecule has 3 aromatic carbocycles. The van der Waals surface area contributed by atoms with Gasteiger partial charge in [-0.3, -0.25) is 4.55 Å². The number of hydrogen-bond donors (Lipinski definition) is 1. The number of carbonyl (C=O) groups is 1. The molecular weight excluding hydrogens is 392 g/mol. The Morgan fingerprint density at radius 1 is 0.966 bits per heavy atom. The van der Waals surface area contributed by atoms with E-state index >= 15 is 0 Å². The van der Waals surface area contributed by atoms with E-state index in [-0.39, 0.29) is 11.5 Å². The zero-order valence-electron chi connectivity index (χ0n) is 16.2. The zero-order valence-corrected chi connectivity index (χ0v) is 17.0. The lowest BCUT2D eigenvalue weighted by Gasteiger charge is -2.10. The average Bonchev–Trinajstić information content (AvgIpc) is 2.71. The van der Waals surface area contributed by atoms with Crippen LogP contribution in [0.4, 0.5) is 0 Å². The summed E-state index contributed by atoms with van der Waals surface area (Å²) in [5, 5.41) is 1.33. The smallest absolute Gasteiger partial charge is 0.349 e. The first kappa shape index (κ1) is 20.8. The lowest BCUT2D eigenvalue weighted by atomic mass is 9.99. The summed E-state index contributed by atoms with van der Waals surface area (Å²) in [7, 11) is -4.26. The van der Waals surface area contributed by atoms with Gasteiger partial charge in [0.2, 0.25) is 0 Å². The fourth-order valence-electron chi connectivity index (χ4n) is 2.86. The van der Waals surface area contributed by atoms with Gasteiger partial charge in [-0.2, -0.15) is 8.42 Å². The molecule has 3 aromatic rings. The van der Waals surface area contributed by atoms with Crippen LogP contribution in [0.5, 0.6) is 11.5 Å². The standard InChI is InChI=1S/C22H22O6S/c1-3-15(2)16-4-8-19(9-5-16)28-22(23)14-27-20-10-6-18-13-21(29(24,25)26)11-7-17(18)12-20/h4-13,15H,3,14H2,1-2H3,(H,24,25,26). The number of benzene rings is 3. The minimum atomic E-state index is -4.26. The van der Waals surface area contributed by atoms with Crippen LogP contribution < -0.4 is 9.47 Å². The molecule has 1 unspecified atom stereocenters. The van der Waals surface area contributed by atoms with Crippen LogP contribution in [0.1, 0.15) is 31.7 Å². The Morgan fingerprint density at radius 2 is 1.59 bits per heavy atom. The maximum atomic E-state index is 12.0. The van der Waals surface area contributed by atoms with E-state index in [2.05, 4.69) is 13.8 Å². The summed E-state index contributed by atoms with van der Waals surface area (Å²) in [5.41, 5.74) is 1.19. The van der Waals surface area contributed by atoms with Crippen molar-refractivity contribution in [2.45, 2.75) is 31.1 Å². The first-order chi connectivity index (χ1) is 13.8. The van der Waals surface area contributed by atoms with Gasteiger partial charge in [-0.15, -0.1) is 0 Å². The second-order valence-corrected chi connectivity index (χ2v) is 8.21. The molecule has 0 fully saturated rings. The Hall–Kier alpha value is -2.90. The van der Waals surface area contributed by atoms with E-state index in [1.807, 2.05) is 12.1 Å². The Labute approximate surface area is 169 Å². The summed E-state index contributed by atoms with van der Waals surface area (Å²) in [6.45, 7) is 4.00. The summed E-state index contributed by atoms with van der Waals surface area (Å²) < 4.78 is 42.3. The molecule has 3 rings (SSSR count). The van der Waals surface area contributed by atoms with Gasteiger partial charge in [-0.05, 0) is 65.1 Å². The highest BCUT2D eigenvalue weighted by Crippen LogP contribution is 2.24. The van der Waals surface area contributed by atoms with Crippen LogP contribution in [0.2, 0.25) is 0 Å². The van der Waals surface area contributed by atoms with Crippen molar-refractivity contribution in [2.24, 2.45) is 0 Å². The van der Waals surface area contributed by atoms with Crippen molar-refractivity contribution in [2.75, 3.05) is 6.61 Å². The van der Waals surface area contributed by atoms with E-state index in [0.717, 1.165) is 6.42 Å². The lowest BCUT2D eigenvalue weighted by Crippen LogP contribution is -2.17. The largest absolute Gasteiger partial charge is 0.482 e. The molecule has 7 heteroatoms. The number of carbonyl (C=O) groups excluding carboxylic acids is 1. The van der Waals surface area contributed by atoms with E-state index in [1.165, 1.54) is 17.7 Å². The summed E-state index contributed by atoms with van der Waals surface area (Å²) >= 11 is 0. The third-order valence-corrected chi connectivity index (χ3v) is 5.58. The maximum Gasteiger partial charge on any atom is 0.349 e. The van der Waals surface area contributed by atoms with E-state index in [0.29, 0.717) is 28.2 Å². The fraction of sp³-hybridized carbons (Fsp3) is 0.227. The number of hydrogen-bond acceptors (Lipinski definition) is 5. The highest BCUT2D eigenvalue weighted by atomic mass is 32.2. The molecule has 0 radical (unpaired) electrons. The highest BCUT2D eigenvalue weighted by molar-refractivity contribution is 7.85. The van der Waals surface area contributed by atoms with Crippen LogP contribution >= 0.6 is 0 Å². The van der Waals surface area contributed by atoms with Gasteiger partial charge >= 0.3 is 5.97 Å². The number of ether oxygens (including phenoxy) is 2. The molecule has 0 aromatic heterocycles. The van der Waals surface area contributed by atoms with Gasteiger partial charge < -0.3 is 9.47 Å². The van der Waals surface area contributed by atoms with Crippen molar-refractivity contribution in [3.63, 3.8) is 0 Å². The van der Waals surface area contributed by atoms with Gasteiger partial charge in [0.1, 0.15) is 11.5 Å². The molecule has 1 N–H and O–H groups in total. The Bertz CT molecular complexity index is 1120. The predicted octanol–water partition coefficient (Wildman–Crippen LogP) is 4.58. The third kappa shape index (κ3) is 5.34. The second-order valence-electron chi connectivity index (χ2n) is 6.79. The molecule has 0 aliphatic carbocycles. The number of fused-ring (bicyclic) bond motifs is 1. The molecule has 0 bridgehead atoms. The van der Waals surface area contributed by atoms with E-state index < -0.39 is 16.1 Å². The van der Waals surface area contributed by atoms with Crippen LogP contribution in [0, 0.1) is 0 Å². The molecule has 0 saturated heterocycles. The van der Waals surface area contributed by atoms with Crippen molar-refractivity contribution in [1.82, 2.24) is 0 Å². The van der Waals surface area contributed by atoms with Crippen LogP contribution in [-0.4, -0.2) is 25.5 Å². The van der Waals surface area contributed by atoms with Gasteiger partial charge in [-0.25, -0.2) is 4.79 Å². The van der Waals surface area contributed by atoms with Gasteiger partial charge in [0, 0.05) is 0 Å². The topological polar surface area (TPSA) is 89.9 Å². The van der Waals surface area contributed by atoms with Crippen molar-refractivity contribution in [1.29, 1.82) is 0 Å². The normalized spacial score (nSPS) is 12.5. The SMILES string of the molecule is CCC(C)c1ccc(OC(=O)COc2ccc3cc(S(=O)(=O)O)ccc3c2)cc1. The molecule has 0 saturated carbocycles. The Kier molecular flexibility index (Phi) is 6.20. The van der Waals surface area contributed by atoms with E-state index in [9.17, 15) is 13.2 Å². The van der Waals surface area contributed by atoms with Crippen molar-refractivity contribution >= 4 is 26.9 Å². The van der Waals surface area contributed by atoms with Crippen molar-refractivity contribution in [3.05, 3.63) is 66.2 Å². The maximum absolute atomic E-state index is 12.0. The van der Waals surface area contributed by atoms with Crippen LogP contribution in [0.15, 0.2) is 65.6 Å². The molecule has 1 atom stereocenters. The van der Waals surface area contributed by atoms with Crippen molar-refractivity contribution < 1.29 is 27.2 Å². The monoisotopic (exact) mass is 414 g/mol. The number of esters is 1. The van der Waals surface area contributed by atoms with Gasteiger partial charge in [-0.1, -0.05) is 38.1 Å². The Balaban J connectivity index is 1.61. The Morgan fingerprint density at radius 3 is 2.24 bits per heavy atom. The zero-order chi connectivity index (χ0) is 21.0. The molecule has 0 heterocycles. The highest BCUT2D eigenvalue weighted by Gasteiger charge is 2.11. The van der Waals surface area contributed by atoms with Crippen LogP contribution in [0.25, 0.3) is 10.8 Å². The molecular formula is C22H22O6S. The van der Waals surface area contributed by atoms with Crippen LogP contribution in [0.3, 0.4) is 0 Å². The van der Waals surface area contributed by atoms with Gasteiger partial charge in [0.25, 0.3) is 10.1 Å². The second kappa shape index (κ2) is 8.63. The first-order valence-electron chi connectivity index (χ1n) is 9.21. The summed E-state index contributed by atoms with van der Waals surface area (Å²) in [4.78, 5) is 11.9. The summed E-state index contributed by atoms with van der Waals surface area (Å²) in [5.74, 6) is 0.829. The van der Waals surface area contributed by atoms with Gasteiger partial charge in [0.15, 0.2) is 6.61 Å². The van der Waals surface area contributed by atoms with Crippen LogP contribution in [-0.2, 0) is 14.9 Å². The average molecular weight is 414 g/mol. The first-order valence-corrected chi connectivity index (χ1v) is 10.6. The lowest BCUT2D eigenvalue weighted by molar-refractivity contribution is -0.136. The number of rotatable bonds is 7. The molecule has 0 aliphatic heterocycles. The molecule has 0 amide bonds. The quantitative estimate of drug-likeness (QED) is 0.346. The molecule has 6 nitrogen and oxygen atoms in total. The minimum absolute atomic E-state index is 0.179. The molecule has 0 spiro atoms. The summed E-state index contributed by atoms with van der Waals surface area (Å²) in [6, 6.07) is 16.6. The van der Waals surface area contributed by atoms with Gasteiger partial charge in [0.05, 0.1) is 4.90 Å². The van der Waals surface area contributed by atoms with E-state index in [4.69, 9.17) is 14.0 Å². The predicted molar refractivity (Wildman–Crippen MR) is 110 cm³/mol. The molecule has 0 aliphatic rings. The minimum Gasteiger partial charge on any atom is -0.482 e. The summed E-state index contributed by atoms with van der Waals surface area (Å²) in [6.07, 6.45) is 1.04. The van der Waals surface area contributed by atoms with E-state index in [1.54, 1.807) is 36.4 Å².